The molecule has 4 aromatic rings. The molecular formula is C23H16BrNO3. The molecule has 4 rings (SSSR count). The van der Waals surface area contributed by atoms with E-state index >= 15 is 0 Å². The van der Waals surface area contributed by atoms with Gasteiger partial charge in [-0.15, -0.1) is 0 Å². The highest BCUT2D eigenvalue weighted by Gasteiger charge is 2.28. The number of para-hydroxylation sites is 1. The first-order valence-corrected chi connectivity index (χ1v) is 9.54. The van der Waals surface area contributed by atoms with Gasteiger partial charge in [0.25, 0.3) is 0 Å². The van der Waals surface area contributed by atoms with Gasteiger partial charge in [-0.25, -0.2) is 4.79 Å². The molecule has 0 fully saturated rings. The highest BCUT2D eigenvalue weighted by atomic mass is 79.9. The third-order valence-corrected chi connectivity index (χ3v) is 5.03. The number of ketones is 1. The first kappa shape index (κ1) is 18.2. The predicted octanol–water partition coefficient (Wildman–Crippen LogP) is 5.71. The molecule has 4 nitrogen and oxygen atoms in total. The van der Waals surface area contributed by atoms with E-state index in [-0.39, 0.29) is 5.78 Å². The van der Waals surface area contributed by atoms with Crippen molar-refractivity contribution in [2.45, 2.75) is 6.10 Å². The number of nitrogens with one attached hydrogen (secondary N) is 1. The summed E-state index contributed by atoms with van der Waals surface area (Å²) in [5, 5.41) is 0.799. The Morgan fingerprint density at radius 1 is 0.857 bits per heavy atom. The first-order valence-electron chi connectivity index (χ1n) is 8.75. The highest BCUT2D eigenvalue weighted by Crippen LogP contribution is 2.28. The summed E-state index contributed by atoms with van der Waals surface area (Å²) in [6, 6.07) is 23.4. The molecule has 5 heteroatoms. The van der Waals surface area contributed by atoms with Crippen LogP contribution in [0.2, 0.25) is 0 Å². The lowest BCUT2D eigenvalue weighted by atomic mass is 9.99. The Morgan fingerprint density at radius 2 is 1.54 bits per heavy atom. The summed E-state index contributed by atoms with van der Waals surface area (Å²) in [5.41, 5.74) is 2.36. The molecule has 0 bridgehead atoms. The van der Waals surface area contributed by atoms with Gasteiger partial charge in [-0.05, 0) is 30.3 Å². The van der Waals surface area contributed by atoms with Crippen molar-refractivity contribution in [3.05, 3.63) is 106 Å². The summed E-state index contributed by atoms with van der Waals surface area (Å²) in [5.74, 6) is -0.816. The van der Waals surface area contributed by atoms with Crippen LogP contribution in [0.15, 0.2) is 89.5 Å². The minimum atomic E-state index is -1.03. The summed E-state index contributed by atoms with van der Waals surface area (Å²) in [7, 11) is 0. The van der Waals surface area contributed by atoms with E-state index in [0.29, 0.717) is 16.7 Å². The van der Waals surface area contributed by atoms with Gasteiger partial charge in [0.15, 0.2) is 6.10 Å². The van der Waals surface area contributed by atoms with Crippen LogP contribution in [0.25, 0.3) is 10.9 Å². The van der Waals surface area contributed by atoms with Crippen LogP contribution >= 0.6 is 15.9 Å². The van der Waals surface area contributed by atoms with Gasteiger partial charge < -0.3 is 9.72 Å². The second-order valence-corrected chi connectivity index (χ2v) is 7.23. The second-order valence-electron chi connectivity index (χ2n) is 6.32. The summed E-state index contributed by atoms with van der Waals surface area (Å²) in [6.07, 6.45) is 0.632. The molecule has 138 valence electrons. The number of ether oxygens (including phenoxy) is 1. The van der Waals surface area contributed by atoms with Gasteiger partial charge in [0.2, 0.25) is 5.78 Å². The van der Waals surface area contributed by atoms with Crippen molar-refractivity contribution in [2.75, 3.05) is 0 Å². The number of carbonyl (C=O) groups is 2. The third kappa shape index (κ3) is 3.62. The van der Waals surface area contributed by atoms with Crippen LogP contribution in [-0.2, 0) is 4.74 Å². The van der Waals surface area contributed by atoms with E-state index in [4.69, 9.17) is 4.74 Å². The number of fused-ring (bicyclic) bond motifs is 1. The molecule has 1 unspecified atom stereocenters. The average Bonchev–Trinajstić information content (AvgIpc) is 3.17. The van der Waals surface area contributed by atoms with Crippen LogP contribution in [0.4, 0.5) is 0 Å². The molecule has 1 atom stereocenters. The topological polar surface area (TPSA) is 59.2 Å². The van der Waals surface area contributed by atoms with E-state index in [1.807, 2.05) is 42.5 Å². The third-order valence-electron chi connectivity index (χ3n) is 4.50. The lowest BCUT2D eigenvalue weighted by molar-refractivity contribution is 0.0280. The van der Waals surface area contributed by atoms with Crippen molar-refractivity contribution in [2.24, 2.45) is 0 Å². The van der Waals surface area contributed by atoms with Gasteiger partial charge in [0.05, 0.1) is 5.56 Å². The van der Waals surface area contributed by atoms with E-state index in [0.717, 1.165) is 15.4 Å². The van der Waals surface area contributed by atoms with Gasteiger partial charge in [-0.1, -0.05) is 64.5 Å². The lowest BCUT2D eigenvalue weighted by Gasteiger charge is -2.17. The SMILES string of the molecule is O=C(OC(C(=O)c1c[nH]c2ccccc12)c1ccccc1)c1ccc(Br)cc1. The molecule has 0 aliphatic rings. The van der Waals surface area contributed by atoms with Crippen molar-refractivity contribution >= 4 is 38.6 Å². The Kier molecular flexibility index (Phi) is 5.08. The average molecular weight is 434 g/mol. The fourth-order valence-corrected chi connectivity index (χ4v) is 3.34. The minimum Gasteiger partial charge on any atom is -0.445 e. The number of aromatic nitrogens is 1. The van der Waals surface area contributed by atoms with E-state index in [1.165, 1.54) is 0 Å². The van der Waals surface area contributed by atoms with E-state index in [1.54, 1.807) is 42.6 Å². The minimum absolute atomic E-state index is 0.269. The molecule has 0 spiro atoms. The Balaban J connectivity index is 1.70. The number of H-pyrrole nitrogens is 1. The molecular weight excluding hydrogens is 418 g/mol. The molecule has 0 radical (unpaired) electrons. The number of hydrogen-bond donors (Lipinski definition) is 1. The van der Waals surface area contributed by atoms with Crippen LogP contribution < -0.4 is 0 Å². The molecule has 0 saturated carbocycles. The maximum Gasteiger partial charge on any atom is 0.339 e. The number of esters is 1. The Bertz CT molecular complexity index is 1130. The number of halogens is 1. The molecule has 0 saturated heterocycles. The van der Waals surface area contributed by atoms with Crippen LogP contribution in [0, 0.1) is 0 Å². The van der Waals surface area contributed by atoms with Crippen molar-refractivity contribution in [3.8, 4) is 0 Å². The second kappa shape index (κ2) is 7.82. The summed E-state index contributed by atoms with van der Waals surface area (Å²) < 4.78 is 6.54. The Morgan fingerprint density at radius 3 is 2.29 bits per heavy atom. The lowest BCUT2D eigenvalue weighted by Crippen LogP contribution is -2.20. The molecule has 28 heavy (non-hydrogen) atoms. The number of hydrogen-bond acceptors (Lipinski definition) is 3. The molecule has 3 aromatic carbocycles. The monoisotopic (exact) mass is 433 g/mol. The van der Waals surface area contributed by atoms with Crippen molar-refractivity contribution < 1.29 is 14.3 Å². The zero-order valence-electron chi connectivity index (χ0n) is 14.8. The number of aromatic amines is 1. The molecule has 0 aliphatic heterocycles. The number of Topliss-reactive ketones (excluding diaryl/α,β-unsaturated/α-hetero) is 1. The molecule has 1 heterocycles. The van der Waals surface area contributed by atoms with Crippen molar-refractivity contribution in [1.29, 1.82) is 0 Å². The van der Waals surface area contributed by atoms with Crippen molar-refractivity contribution in [3.63, 3.8) is 0 Å². The highest BCUT2D eigenvalue weighted by molar-refractivity contribution is 9.10. The van der Waals surface area contributed by atoms with Crippen LogP contribution in [0.5, 0.6) is 0 Å². The van der Waals surface area contributed by atoms with Crippen LogP contribution in [0.3, 0.4) is 0 Å². The number of rotatable bonds is 5. The van der Waals surface area contributed by atoms with Gasteiger partial charge in [-0.3, -0.25) is 4.79 Å². The molecule has 0 aliphatic carbocycles. The zero-order chi connectivity index (χ0) is 19.5. The van der Waals surface area contributed by atoms with Crippen LogP contribution in [0.1, 0.15) is 32.4 Å². The summed E-state index contributed by atoms with van der Waals surface area (Å²) in [6.45, 7) is 0. The summed E-state index contributed by atoms with van der Waals surface area (Å²) in [4.78, 5) is 29.1. The molecule has 0 amide bonds. The normalized spacial score (nSPS) is 11.9. The fourth-order valence-electron chi connectivity index (χ4n) is 3.08. The van der Waals surface area contributed by atoms with Crippen molar-refractivity contribution in [1.82, 2.24) is 4.98 Å². The zero-order valence-corrected chi connectivity index (χ0v) is 16.3. The van der Waals surface area contributed by atoms with Gasteiger partial charge >= 0.3 is 5.97 Å². The molecule has 1 N–H and O–H groups in total. The van der Waals surface area contributed by atoms with Gasteiger partial charge in [0, 0.05) is 32.7 Å². The Labute approximate surface area is 170 Å². The number of carbonyl (C=O) groups excluding carboxylic acids is 2. The van der Waals surface area contributed by atoms with Gasteiger partial charge in [-0.2, -0.15) is 0 Å². The predicted molar refractivity (Wildman–Crippen MR) is 111 cm³/mol. The fraction of sp³-hybridized carbons (Fsp3) is 0.0435. The van der Waals surface area contributed by atoms with E-state index < -0.39 is 12.1 Å². The first-order chi connectivity index (χ1) is 13.6. The van der Waals surface area contributed by atoms with Crippen LogP contribution in [-0.4, -0.2) is 16.7 Å². The van der Waals surface area contributed by atoms with Gasteiger partial charge in [0.1, 0.15) is 0 Å². The maximum absolute atomic E-state index is 13.3. The number of benzene rings is 3. The molecule has 1 aromatic heterocycles. The van der Waals surface area contributed by atoms with E-state index in [9.17, 15) is 9.59 Å². The largest absolute Gasteiger partial charge is 0.445 e. The maximum atomic E-state index is 13.3. The quantitative estimate of drug-likeness (QED) is 0.323. The summed E-state index contributed by atoms with van der Waals surface area (Å²) >= 11 is 3.34. The smallest absolute Gasteiger partial charge is 0.339 e. The standard InChI is InChI=1S/C23H16BrNO3/c24-17-12-10-16(11-13-17)23(27)28-22(15-6-2-1-3-7-15)21(26)19-14-25-20-9-5-4-8-18(19)20/h1-14,22,25H. The Hall–Kier alpha value is -3.18. The van der Waals surface area contributed by atoms with E-state index in [2.05, 4.69) is 20.9 Å².